The molecule has 0 fully saturated rings. The SMILES string of the molecule is Cn1nccc1C(N)C1=CCCCCC1. The Hall–Kier alpha value is -1.09. The van der Waals surface area contributed by atoms with Gasteiger partial charge in [-0.1, -0.05) is 18.1 Å². The Morgan fingerprint density at radius 3 is 3.00 bits per heavy atom. The summed E-state index contributed by atoms with van der Waals surface area (Å²) in [5, 5.41) is 4.17. The number of hydrogen-bond donors (Lipinski definition) is 1. The van der Waals surface area contributed by atoms with Crippen LogP contribution in [0.5, 0.6) is 0 Å². The van der Waals surface area contributed by atoms with Crippen molar-refractivity contribution >= 4 is 0 Å². The molecule has 1 heterocycles. The second-order valence-electron chi connectivity index (χ2n) is 4.24. The molecule has 0 saturated carbocycles. The standard InChI is InChI=1S/C12H19N3/c1-15-11(8-9-14-15)12(13)10-6-4-2-3-5-7-10/h6,8-9,12H,2-5,7,13H2,1H3. The topological polar surface area (TPSA) is 43.8 Å². The van der Waals surface area contributed by atoms with Crippen molar-refractivity contribution in [1.82, 2.24) is 9.78 Å². The fraction of sp³-hybridized carbons (Fsp3) is 0.583. The highest BCUT2D eigenvalue weighted by atomic mass is 15.3. The van der Waals surface area contributed by atoms with E-state index in [-0.39, 0.29) is 6.04 Å². The van der Waals surface area contributed by atoms with Crippen LogP contribution < -0.4 is 5.73 Å². The Morgan fingerprint density at radius 2 is 2.27 bits per heavy atom. The van der Waals surface area contributed by atoms with Crippen molar-refractivity contribution in [3.05, 3.63) is 29.6 Å². The molecule has 0 aromatic carbocycles. The second-order valence-corrected chi connectivity index (χ2v) is 4.24. The van der Waals surface area contributed by atoms with Crippen LogP contribution in [0.15, 0.2) is 23.9 Å². The molecule has 0 bridgehead atoms. The van der Waals surface area contributed by atoms with Gasteiger partial charge >= 0.3 is 0 Å². The first-order chi connectivity index (χ1) is 7.29. The summed E-state index contributed by atoms with van der Waals surface area (Å²) in [6.07, 6.45) is 10.4. The molecule has 0 radical (unpaired) electrons. The van der Waals surface area contributed by atoms with Crippen molar-refractivity contribution in [2.45, 2.75) is 38.1 Å². The van der Waals surface area contributed by atoms with E-state index >= 15 is 0 Å². The summed E-state index contributed by atoms with van der Waals surface area (Å²) in [7, 11) is 1.95. The quantitative estimate of drug-likeness (QED) is 0.753. The average Bonchev–Trinajstić information content (AvgIpc) is 2.53. The van der Waals surface area contributed by atoms with Crippen LogP contribution in [0, 0.1) is 0 Å². The molecule has 0 aliphatic heterocycles. The second kappa shape index (κ2) is 4.62. The lowest BCUT2D eigenvalue weighted by Crippen LogP contribution is -2.17. The van der Waals surface area contributed by atoms with Gasteiger partial charge in [-0.3, -0.25) is 4.68 Å². The van der Waals surface area contributed by atoms with Gasteiger partial charge in [-0.05, 0) is 31.7 Å². The Morgan fingerprint density at radius 1 is 1.40 bits per heavy atom. The highest BCUT2D eigenvalue weighted by Gasteiger charge is 2.15. The van der Waals surface area contributed by atoms with Gasteiger partial charge in [0, 0.05) is 13.2 Å². The molecule has 15 heavy (non-hydrogen) atoms. The molecule has 2 rings (SSSR count). The minimum absolute atomic E-state index is 0.0376. The lowest BCUT2D eigenvalue weighted by Gasteiger charge is -2.15. The molecule has 0 spiro atoms. The molecule has 3 nitrogen and oxygen atoms in total. The summed E-state index contributed by atoms with van der Waals surface area (Å²) in [6.45, 7) is 0. The van der Waals surface area contributed by atoms with E-state index in [0.29, 0.717) is 0 Å². The maximum atomic E-state index is 6.26. The van der Waals surface area contributed by atoms with E-state index in [1.165, 1.54) is 31.3 Å². The van der Waals surface area contributed by atoms with Crippen LogP contribution in [0.4, 0.5) is 0 Å². The maximum absolute atomic E-state index is 6.26. The Kier molecular flexibility index (Phi) is 3.21. The Labute approximate surface area is 91.0 Å². The van der Waals surface area contributed by atoms with Crippen molar-refractivity contribution < 1.29 is 0 Å². The van der Waals surface area contributed by atoms with Crippen molar-refractivity contribution in [1.29, 1.82) is 0 Å². The predicted molar refractivity (Wildman–Crippen MR) is 61.3 cm³/mol. The molecule has 2 N–H and O–H groups in total. The molecular formula is C12H19N3. The molecule has 1 aliphatic carbocycles. The third kappa shape index (κ3) is 2.29. The van der Waals surface area contributed by atoms with Crippen molar-refractivity contribution in [3.8, 4) is 0 Å². The van der Waals surface area contributed by atoms with Gasteiger partial charge < -0.3 is 5.73 Å². The molecule has 1 atom stereocenters. The summed E-state index contributed by atoms with van der Waals surface area (Å²) in [5.74, 6) is 0. The maximum Gasteiger partial charge on any atom is 0.0682 e. The minimum atomic E-state index is 0.0376. The van der Waals surface area contributed by atoms with Crippen LogP contribution in [0.25, 0.3) is 0 Å². The molecule has 1 unspecified atom stereocenters. The van der Waals surface area contributed by atoms with Crippen LogP contribution in [0.1, 0.15) is 43.8 Å². The molecule has 1 aromatic rings. The summed E-state index contributed by atoms with van der Waals surface area (Å²) >= 11 is 0. The highest BCUT2D eigenvalue weighted by molar-refractivity contribution is 5.21. The van der Waals surface area contributed by atoms with E-state index in [4.69, 9.17) is 5.73 Å². The first-order valence-corrected chi connectivity index (χ1v) is 5.71. The van der Waals surface area contributed by atoms with Crippen molar-refractivity contribution in [2.75, 3.05) is 0 Å². The fourth-order valence-corrected chi connectivity index (χ4v) is 2.20. The summed E-state index contributed by atoms with van der Waals surface area (Å²) in [6, 6.07) is 2.05. The summed E-state index contributed by atoms with van der Waals surface area (Å²) < 4.78 is 1.87. The molecule has 3 heteroatoms. The zero-order valence-electron chi connectivity index (χ0n) is 9.32. The summed E-state index contributed by atoms with van der Waals surface area (Å²) in [4.78, 5) is 0. The zero-order valence-corrected chi connectivity index (χ0v) is 9.32. The number of allylic oxidation sites excluding steroid dienone is 1. The normalized spacial score (nSPS) is 19.5. The van der Waals surface area contributed by atoms with Crippen molar-refractivity contribution in [3.63, 3.8) is 0 Å². The molecule has 1 aromatic heterocycles. The van der Waals surface area contributed by atoms with Gasteiger partial charge in [0.05, 0.1) is 11.7 Å². The molecular weight excluding hydrogens is 186 g/mol. The van der Waals surface area contributed by atoms with Gasteiger partial charge in [0.2, 0.25) is 0 Å². The number of nitrogens with zero attached hydrogens (tertiary/aromatic N) is 2. The average molecular weight is 205 g/mol. The van der Waals surface area contributed by atoms with Gasteiger partial charge in [-0.15, -0.1) is 0 Å². The first kappa shape index (κ1) is 10.4. The van der Waals surface area contributed by atoms with E-state index in [2.05, 4.69) is 11.2 Å². The van der Waals surface area contributed by atoms with Gasteiger partial charge in [0.25, 0.3) is 0 Å². The largest absolute Gasteiger partial charge is 0.319 e. The van der Waals surface area contributed by atoms with E-state index in [0.717, 1.165) is 12.1 Å². The van der Waals surface area contributed by atoms with Crippen molar-refractivity contribution in [2.24, 2.45) is 12.8 Å². The molecule has 0 amide bonds. The lowest BCUT2D eigenvalue weighted by atomic mass is 10.0. The third-order valence-electron chi connectivity index (χ3n) is 3.15. The van der Waals surface area contributed by atoms with Crippen LogP contribution in [0.3, 0.4) is 0 Å². The number of nitrogens with two attached hydrogens (primary N) is 1. The van der Waals surface area contributed by atoms with E-state index in [9.17, 15) is 0 Å². The third-order valence-corrected chi connectivity index (χ3v) is 3.15. The highest BCUT2D eigenvalue weighted by Crippen LogP contribution is 2.26. The zero-order chi connectivity index (χ0) is 10.7. The van der Waals surface area contributed by atoms with Gasteiger partial charge in [-0.2, -0.15) is 5.10 Å². The molecule has 82 valence electrons. The summed E-state index contributed by atoms with van der Waals surface area (Å²) in [5.41, 5.74) is 8.75. The monoisotopic (exact) mass is 205 g/mol. The van der Waals surface area contributed by atoms with Crippen LogP contribution in [0.2, 0.25) is 0 Å². The Bertz CT molecular complexity index is 352. The first-order valence-electron chi connectivity index (χ1n) is 5.71. The van der Waals surface area contributed by atoms with E-state index in [1.807, 2.05) is 24.0 Å². The van der Waals surface area contributed by atoms with Crippen LogP contribution >= 0.6 is 0 Å². The van der Waals surface area contributed by atoms with E-state index in [1.54, 1.807) is 0 Å². The predicted octanol–water partition coefficient (Wildman–Crippen LogP) is 2.31. The number of aromatic nitrogens is 2. The number of rotatable bonds is 2. The van der Waals surface area contributed by atoms with Crippen LogP contribution in [-0.4, -0.2) is 9.78 Å². The fourth-order valence-electron chi connectivity index (χ4n) is 2.20. The number of hydrogen-bond acceptors (Lipinski definition) is 2. The Balaban J connectivity index is 2.16. The smallest absolute Gasteiger partial charge is 0.0682 e. The van der Waals surface area contributed by atoms with Crippen LogP contribution in [-0.2, 0) is 7.05 Å². The van der Waals surface area contributed by atoms with Gasteiger partial charge in [0.15, 0.2) is 0 Å². The van der Waals surface area contributed by atoms with E-state index < -0.39 is 0 Å². The lowest BCUT2D eigenvalue weighted by molar-refractivity contribution is 0.638. The minimum Gasteiger partial charge on any atom is -0.319 e. The number of aryl methyl sites for hydroxylation is 1. The van der Waals surface area contributed by atoms with Gasteiger partial charge in [-0.25, -0.2) is 0 Å². The molecule has 0 saturated heterocycles. The van der Waals surface area contributed by atoms with Gasteiger partial charge in [0.1, 0.15) is 0 Å². The molecule has 1 aliphatic rings.